The lowest BCUT2D eigenvalue weighted by Crippen LogP contribution is -2.50. The van der Waals surface area contributed by atoms with Gasteiger partial charge in [-0.2, -0.15) is 0 Å². The van der Waals surface area contributed by atoms with E-state index in [1.54, 1.807) is 6.92 Å². The van der Waals surface area contributed by atoms with Gasteiger partial charge in [0.15, 0.2) is 0 Å². The Morgan fingerprint density at radius 1 is 1.10 bits per heavy atom. The molecule has 2 aromatic carbocycles. The van der Waals surface area contributed by atoms with E-state index in [-0.39, 0.29) is 40.3 Å². The SMILES string of the molecule is C#CC=CC#C[C@H]1C(OC)=C(C(=O)O)[C@H](C)[C@]23CNc4c(cc(O)c5c4C(=O)c4c(O)ccc(O)c4C5=O)[C@]12O3. The van der Waals surface area contributed by atoms with E-state index in [0.29, 0.717) is 0 Å². The van der Waals surface area contributed by atoms with Crippen molar-refractivity contribution < 1.29 is 44.3 Å². The van der Waals surface area contributed by atoms with Gasteiger partial charge in [0.2, 0.25) is 11.6 Å². The minimum atomic E-state index is -1.37. The summed E-state index contributed by atoms with van der Waals surface area (Å²) in [5.41, 5.74) is -3.45. The van der Waals surface area contributed by atoms with Crippen LogP contribution in [0.5, 0.6) is 17.2 Å². The highest BCUT2D eigenvalue weighted by Gasteiger charge is 2.82. The third-order valence-electron chi connectivity index (χ3n) is 8.24. The first-order valence-corrected chi connectivity index (χ1v) is 12.2. The van der Waals surface area contributed by atoms with E-state index in [9.17, 15) is 34.8 Å². The first-order valence-electron chi connectivity index (χ1n) is 12.2. The molecule has 4 atom stereocenters. The van der Waals surface area contributed by atoms with Crippen LogP contribution in [0.15, 0.2) is 41.7 Å². The second-order valence-electron chi connectivity index (χ2n) is 9.89. The summed E-state index contributed by atoms with van der Waals surface area (Å²) in [6.45, 7) is 1.72. The molecule has 0 spiro atoms. The van der Waals surface area contributed by atoms with Gasteiger partial charge < -0.3 is 35.2 Å². The standard InChI is InChI=1S/C30H21NO9/c1-4-5-6-7-8-14-27(39-3)19(28(37)38)13(2)29-12-31-24-15(30(14,29)40-29)11-18(34)22-23(24)26(36)21-17(33)10-9-16(32)20(21)25(22)35/h1,5-6,9-11,13-14,31-34H,12H2,2-3H3,(H,37,38)/t13-,14-,29+,30+/m0/s1. The number of fused-ring (bicyclic) bond motifs is 4. The molecule has 40 heavy (non-hydrogen) atoms. The number of hydrogen-bond acceptors (Lipinski definition) is 9. The fourth-order valence-corrected chi connectivity index (χ4v) is 6.54. The van der Waals surface area contributed by atoms with Crippen molar-refractivity contribution in [3.63, 3.8) is 0 Å². The van der Waals surface area contributed by atoms with E-state index >= 15 is 0 Å². The van der Waals surface area contributed by atoms with Crippen LogP contribution in [0.4, 0.5) is 5.69 Å². The van der Waals surface area contributed by atoms with Gasteiger partial charge in [0.05, 0.1) is 40.6 Å². The molecule has 2 aromatic rings. The maximum atomic E-state index is 13.8. The average Bonchev–Trinajstić information content (AvgIpc) is 3.63. The van der Waals surface area contributed by atoms with Gasteiger partial charge in [-0.15, -0.1) is 6.42 Å². The maximum absolute atomic E-state index is 13.8. The second kappa shape index (κ2) is 8.15. The number of allylic oxidation sites excluding steroid dienone is 2. The van der Waals surface area contributed by atoms with Gasteiger partial charge in [0.25, 0.3) is 0 Å². The highest BCUT2D eigenvalue weighted by molar-refractivity contribution is 6.33. The van der Waals surface area contributed by atoms with E-state index < -0.39 is 68.9 Å². The monoisotopic (exact) mass is 539 g/mol. The first kappa shape index (κ1) is 25.1. The molecule has 4 aliphatic rings. The van der Waals surface area contributed by atoms with Gasteiger partial charge in [0, 0.05) is 18.0 Å². The molecular formula is C30H21NO9. The predicted octanol–water partition coefficient (Wildman–Crippen LogP) is 2.41. The largest absolute Gasteiger partial charge is 0.507 e. The maximum Gasteiger partial charge on any atom is 0.335 e. The summed E-state index contributed by atoms with van der Waals surface area (Å²) in [5.74, 6) is 2.03. The predicted molar refractivity (Wildman–Crippen MR) is 139 cm³/mol. The number of epoxide rings is 1. The summed E-state index contributed by atoms with van der Waals surface area (Å²) in [6.07, 6.45) is 8.05. The Kier molecular flexibility index (Phi) is 5.12. The van der Waals surface area contributed by atoms with Crippen molar-refractivity contribution in [1.29, 1.82) is 0 Å². The van der Waals surface area contributed by atoms with E-state index in [2.05, 4.69) is 23.1 Å². The quantitative estimate of drug-likeness (QED) is 0.185. The van der Waals surface area contributed by atoms with Crippen molar-refractivity contribution in [3.05, 3.63) is 69.5 Å². The Morgan fingerprint density at radius 3 is 2.33 bits per heavy atom. The zero-order valence-electron chi connectivity index (χ0n) is 21.2. The lowest BCUT2D eigenvalue weighted by molar-refractivity contribution is -0.134. The van der Waals surface area contributed by atoms with Gasteiger partial charge in [-0.1, -0.05) is 24.7 Å². The van der Waals surface area contributed by atoms with Crippen molar-refractivity contribution in [1.82, 2.24) is 0 Å². The molecule has 0 amide bonds. The van der Waals surface area contributed by atoms with Crippen LogP contribution in [-0.4, -0.2) is 57.2 Å². The fraction of sp³-hybridized carbons (Fsp3) is 0.233. The van der Waals surface area contributed by atoms with E-state index in [1.807, 2.05) is 0 Å². The van der Waals surface area contributed by atoms with Gasteiger partial charge in [0.1, 0.15) is 40.1 Å². The molecule has 0 aromatic heterocycles. The minimum absolute atomic E-state index is 0.0242. The number of methoxy groups -OCH3 is 1. The van der Waals surface area contributed by atoms with Crippen LogP contribution >= 0.6 is 0 Å². The number of aliphatic carboxylic acids is 1. The number of carboxylic acid groups (broad SMARTS) is 1. The fourth-order valence-electron chi connectivity index (χ4n) is 6.54. The van der Waals surface area contributed by atoms with E-state index in [4.69, 9.17) is 15.9 Å². The summed E-state index contributed by atoms with van der Waals surface area (Å²) in [6, 6.07) is 3.47. The normalized spacial score (nSPS) is 27.1. The minimum Gasteiger partial charge on any atom is -0.507 e. The zero-order chi connectivity index (χ0) is 28.7. The number of nitrogens with one attached hydrogen (secondary N) is 1. The highest BCUT2D eigenvalue weighted by Crippen LogP contribution is 2.72. The number of carbonyl (C=O) groups excluding carboxylic acids is 2. The molecule has 0 unspecified atom stereocenters. The third-order valence-corrected chi connectivity index (χ3v) is 8.24. The molecule has 1 fully saturated rings. The van der Waals surface area contributed by atoms with Gasteiger partial charge in [-0.05, 0) is 30.4 Å². The van der Waals surface area contributed by atoms with Crippen LogP contribution in [0.25, 0.3) is 0 Å². The van der Waals surface area contributed by atoms with Gasteiger partial charge in [-0.25, -0.2) is 4.79 Å². The number of carboxylic acids is 1. The van der Waals surface area contributed by atoms with Crippen LogP contribution in [-0.2, 0) is 19.9 Å². The van der Waals surface area contributed by atoms with Crippen molar-refractivity contribution in [2.24, 2.45) is 11.8 Å². The average molecular weight is 539 g/mol. The number of ether oxygens (including phenoxy) is 2. The number of phenolic OH excluding ortho intramolecular Hbond substituents is 3. The zero-order valence-corrected chi connectivity index (χ0v) is 21.2. The Balaban J connectivity index is 1.65. The van der Waals surface area contributed by atoms with Crippen molar-refractivity contribution >= 4 is 23.2 Å². The van der Waals surface area contributed by atoms with Crippen molar-refractivity contribution in [2.45, 2.75) is 18.1 Å². The van der Waals surface area contributed by atoms with Crippen LogP contribution in [0.3, 0.4) is 0 Å². The van der Waals surface area contributed by atoms with Crippen LogP contribution in [0.2, 0.25) is 0 Å². The highest BCUT2D eigenvalue weighted by atomic mass is 16.6. The van der Waals surface area contributed by atoms with Gasteiger partial charge in [-0.3, -0.25) is 9.59 Å². The molecule has 10 heteroatoms. The number of aromatic hydroxyl groups is 3. The number of anilines is 1. The topological polar surface area (TPSA) is 166 Å². The summed E-state index contributed by atoms with van der Waals surface area (Å²) >= 11 is 0. The molecule has 0 saturated carbocycles. The number of hydrogen-bond donors (Lipinski definition) is 5. The van der Waals surface area contributed by atoms with Crippen LogP contribution in [0.1, 0.15) is 44.3 Å². The number of ketones is 2. The Labute approximate surface area is 227 Å². The summed E-state index contributed by atoms with van der Waals surface area (Å²) in [5, 5.41) is 45.2. The summed E-state index contributed by atoms with van der Waals surface area (Å²) in [7, 11) is 1.32. The molecule has 1 saturated heterocycles. The molecule has 10 nitrogen and oxygen atoms in total. The Morgan fingerprint density at radius 2 is 1.73 bits per heavy atom. The number of terminal acetylenes is 1. The second-order valence-corrected chi connectivity index (χ2v) is 9.89. The molecule has 0 radical (unpaired) electrons. The number of carbonyl (C=O) groups is 3. The molecule has 2 aliphatic heterocycles. The number of phenols is 3. The number of benzene rings is 2. The first-order chi connectivity index (χ1) is 19.1. The van der Waals surface area contributed by atoms with Gasteiger partial charge >= 0.3 is 5.97 Å². The van der Waals surface area contributed by atoms with Crippen molar-refractivity contribution in [2.75, 3.05) is 19.0 Å². The van der Waals surface area contributed by atoms with Crippen LogP contribution in [0, 0.1) is 36.0 Å². The molecule has 2 heterocycles. The molecule has 2 aliphatic carbocycles. The molecule has 200 valence electrons. The molecule has 5 N–H and O–H groups in total. The molecular weight excluding hydrogens is 518 g/mol. The third kappa shape index (κ3) is 2.80. The molecule has 6 rings (SSSR count). The van der Waals surface area contributed by atoms with Crippen molar-refractivity contribution in [3.8, 4) is 41.4 Å². The lowest BCUT2D eigenvalue weighted by atomic mass is 9.62. The molecule has 0 bridgehead atoms. The van der Waals surface area contributed by atoms with E-state index in [0.717, 1.165) is 12.1 Å². The lowest BCUT2D eigenvalue weighted by Gasteiger charge is -2.40. The summed E-state index contributed by atoms with van der Waals surface area (Å²) in [4.78, 5) is 39.6. The Hall–Kier alpha value is -5.19. The summed E-state index contributed by atoms with van der Waals surface area (Å²) < 4.78 is 12.0. The smallest absolute Gasteiger partial charge is 0.335 e. The number of rotatable bonds is 2. The Bertz CT molecular complexity index is 1770. The van der Waals surface area contributed by atoms with E-state index in [1.165, 1.54) is 25.3 Å². The van der Waals surface area contributed by atoms with Crippen LogP contribution < -0.4 is 5.32 Å².